The van der Waals surface area contributed by atoms with Gasteiger partial charge in [0.25, 0.3) is 0 Å². The summed E-state index contributed by atoms with van der Waals surface area (Å²) in [6, 6.07) is 11.8. The van der Waals surface area contributed by atoms with Gasteiger partial charge in [0.2, 0.25) is 11.8 Å². The van der Waals surface area contributed by atoms with Crippen LogP contribution in [-0.2, 0) is 14.4 Å². The second-order valence-electron chi connectivity index (χ2n) is 11.7. The number of allylic oxidation sites excluding steroid dienone is 1. The topological polar surface area (TPSA) is 104 Å². The van der Waals surface area contributed by atoms with Crippen molar-refractivity contribution in [3.05, 3.63) is 60.1 Å². The molecule has 42 heavy (non-hydrogen) atoms. The van der Waals surface area contributed by atoms with Gasteiger partial charge in [-0.15, -0.1) is 11.3 Å². The van der Waals surface area contributed by atoms with Crippen molar-refractivity contribution in [3.8, 4) is 22.4 Å². The van der Waals surface area contributed by atoms with Gasteiger partial charge < -0.3 is 5.11 Å². The summed E-state index contributed by atoms with van der Waals surface area (Å²) < 4.78 is 0. The summed E-state index contributed by atoms with van der Waals surface area (Å²) in [5, 5.41) is 12.3. The van der Waals surface area contributed by atoms with Crippen LogP contribution in [0.3, 0.4) is 0 Å². The molecule has 1 saturated heterocycles. The van der Waals surface area contributed by atoms with Crippen LogP contribution in [0.2, 0.25) is 0 Å². The van der Waals surface area contributed by atoms with Crippen LogP contribution in [0, 0.1) is 23.7 Å². The summed E-state index contributed by atoms with van der Waals surface area (Å²) in [6.07, 6.45) is 11.8. The second-order valence-corrected chi connectivity index (χ2v) is 12.6. The number of carbonyl (C=O) groups excluding carboxylic acids is 2. The van der Waals surface area contributed by atoms with Crippen molar-refractivity contribution in [3.63, 3.8) is 0 Å². The van der Waals surface area contributed by atoms with Gasteiger partial charge in [-0.3, -0.25) is 24.2 Å². The molecule has 0 spiro atoms. The van der Waals surface area contributed by atoms with Crippen LogP contribution >= 0.6 is 11.3 Å². The van der Waals surface area contributed by atoms with E-state index in [0.717, 1.165) is 60.9 Å². The Morgan fingerprint density at radius 1 is 1.00 bits per heavy atom. The lowest BCUT2D eigenvalue weighted by molar-refractivity contribution is -0.142. The third kappa shape index (κ3) is 5.62. The Bertz CT molecular complexity index is 1490. The predicted octanol–water partition coefficient (Wildman–Crippen LogP) is 6.44. The molecule has 3 unspecified atom stereocenters. The maximum Gasteiger partial charge on any atom is 0.304 e. The van der Waals surface area contributed by atoms with Crippen molar-refractivity contribution in [2.75, 3.05) is 22.9 Å². The zero-order valence-electron chi connectivity index (χ0n) is 23.8. The van der Waals surface area contributed by atoms with Crippen molar-refractivity contribution >= 4 is 40.1 Å². The fraction of sp³-hybridized carbons (Fsp3) is 0.424. The first kappa shape index (κ1) is 28.3. The molecule has 0 radical (unpaired) electrons. The summed E-state index contributed by atoms with van der Waals surface area (Å²) in [7, 11) is 0. The van der Waals surface area contributed by atoms with E-state index in [1.54, 1.807) is 16.0 Å². The van der Waals surface area contributed by atoms with Crippen molar-refractivity contribution in [1.82, 2.24) is 9.97 Å². The number of pyridine rings is 1. The summed E-state index contributed by atoms with van der Waals surface area (Å²) in [5.41, 5.74) is 3.54. The number of hydrogen-bond acceptors (Lipinski definition) is 6. The van der Waals surface area contributed by atoms with Gasteiger partial charge in [0, 0.05) is 41.7 Å². The Kier molecular flexibility index (Phi) is 8.20. The smallest absolute Gasteiger partial charge is 0.304 e. The Balaban J connectivity index is 1.28. The molecular formula is C33H36N4O4S. The summed E-state index contributed by atoms with van der Waals surface area (Å²) in [4.78, 5) is 51.3. The van der Waals surface area contributed by atoms with Gasteiger partial charge in [0.15, 0.2) is 5.13 Å². The number of carboxylic acids is 1. The molecule has 1 aliphatic carbocycles. The van der Waals surface area contributed by atoms with Crippen LogP contribution < -0.4 is 9.80 Å². The Hall–Kier alpha value is -3.85. The van der Waals surface area contributed by atoms with Gasteiger partial charge in [-0.05, 0) is 42.4 Å². The lowest BCUT2D eigenvalue weighted by Gasteiger charge is -2.34. The van der Waals surface area contributed by atoms with E-state index in [1.165, 1.54) is 11.3 Å². The first-order valence-corrected chi connectivity index (χ1v) is 15.8. The molecule has 4 heterocycles. The predicted molar refractivity (Wildman–Crippen MR) is 164 cm³/mol. The molecule has 0 bridgehead atoms. The number of thiazole rings is 1. The number of rotatable bonds is 7. The van der Waals surface area contributed by atoms with Gasteiger partial charge in [0.1, 0.15) is 5.82 Å². The lowest BCUT2D eigenvalue weighted by atomic mass is 9.75. The second kappa shape index (κ2) is 12.2. The van der Waals surface area contributed by atoms with Gasteiger partial charge in [0.05, 0.1) is 18.0 Å². The molecule has 1 aromatic carbocycles. The average molecular weight is 585 g/mol. The normalized spacial score (nSPS) is 23.4. The van der Waals surface area contributed by atoms with E-state index in [9.17, 15) is 19.5 Å². The van der Waals surface area contributed by atoms with Crippen LogP contribution in [-0.4, -0.2) is 45.9 Å². The molecule has 218 valence electrons. The van der Waals surface area contributed by atoms with E-state index >= 15 is 0 Å². The number of amides is 2. The highest BCUT2D eigenvalue weighted by Gasteiger charge is 2.40. The molecule has 2 aromatic heterocycles. The summed E-state index contributed by atoms with van der Waals surface area (Å²) >= 11 is 1.40. The highest BCUT2D eigenvalue weighted by atomic mass is 32.1. The molecule has 3 aromatic rings. The third-order valence-electron chi connectivity index (χ3n) is 9.10. The average Bonchev–Trinajstić information content (AvgIpc) is 3.76. The number of aromatic nitrogens is 2. The highest BCUT2D eigenvalue weighted by molar-refractivity contribution is 7.14. The molecule has 2 amide bonds. The SMILES string of the molecule is CC1CCN(c2ccc(-c3ccccc3-c3csc(N4CC=CCC(C5CCCC5)C(CC(=O)O)C4=O)n3)cn2)C1=O. The van der Waals surface area contributed by atoms with E-state index in [-0.39, 0.29) is 30.1 Å². The fourth-order valence-electron chi connectivity index (χ4n) is 6.80. The Morgan fingerprint density at radius 3 is 2.48 bits per heavy atom. The number of anilines is 2. The molecule has 2 fully saturated rings. The maximum absolute atomic E-state index is 14.0. The first-order valence-electron chi connectivity index (χ1n) is 14.9. The van der Waals surface area contributed by atoms with E-state index in [4.69, 9.17) is 4.98 Å². The van der Waals surface area contributed by atoms with Crippen LogP contribution in [0.5, 0.6) is 0 Å². The zero-order valence-corrected chi connectivity index (χ0v) is 24.6. The van der Waals surface area contributed by atoms with Gasteiger partial charge >= 0.3 is 5.97 Å². The number of aliphatic carboxylic acids is 1. The molecule has 8 nitrogen and oxygen atoms in total. The largest absolute Gasteiger partial charge is 0.481 e. The van der Waals surface area contributed by atoms with Crippen molar-refractivity contribution in [2.45, 2.75) is 51.9 Å². The first-order chi connectivity index (χ1) is 20.4. The van der Waals surface area contributed by atoms with Crippen LogP contribution in [0.15, 0.2) is 60.1 Å². The third-order valence-corrected chi connectivity index (χ3v) is 9.96. The van der Waals surface area contributed by atoms with Gasteiger partial charge in [-0.25, -0.2) is 9.97 Å². The minimum absolute atomic E-state index is 0.0232. The minimum atomic E-state index is -0.933. The quantitative estimate of drug-likeness (QED) is 0.321. The number of hydrogen-bond donors (Lipinski definition) is 1. The standard InChI is InChI=1S/C33H36N4O4S/c1-21-15-17-36(31(21)40)29-14-13-23(19-34-29)25-10-4-5-12-26(25)28-20-42-33(35-28)37-16-7-6-11-24(22-8-2-3-9-22)27(32(37)41)18-30(38)39/h4-7,10,12-14,19-22,24,27H,2-3,8-9,11,15-18H2,1H3,(H,38,39). The van der Waals surface area contributed by atoms with Crippen molar-refractivity contribution in [1.29, 1.82) is 0 Å². The monoisotopic (exact) mass is 584 g/mol. The molecular weight excluding hydrogens is 548 g/mol. The van der Waals surface area contributed by atoms with Crippen LogP contribution in [0.4, 0.5) is 10.9 Å². The van der Waals surface area contributed by atoms with E-state index in [2.05, 4.69) is 11.1 Å². The fourth-order valence-corrected chi connectivity index (χ4v) is 7.64. The highest BCUT2D eigenvalue weighted by Crippen LogP contribution is 2.41. The maximum atomic E-state index is 14.0. The summed E-state index contributed by atoms with van der Waals surface area (Å²) in [6.45, 7) is 3.01. The number of benzene rings is 1. The van der Waals surface area contributed by atoms with Gasteiger partial charge in [-0.1, -0.05) is 69.0 Å². The van der Waals surface area contributed by atoms with Crippen molar-refractivity contribution in [2.24, 2.45) is 23.7 Å². The minimum Gasteiger partial charge on any atom is -0.481 e. The number of carbonyl (C=O) groups is 3. The Labute approximate surface area is 250 Å². The number of nitrogens with zero attached hydrogens (tertiary/aromatic N) is 4. The Morgan fingerprint density at radius 2 is 1.79 bits per heavy atom. The molecule has 3 atom stereocenters. The van der Waals surface area contributed by atoms with Crippen LogP contribution in [0.1, 0.15) is 51.9 Å². The van der Waals surface area contributed by atoms with E-state index < -0.39 is 11.9 Å². The molecule has 2 aliphatic heterocycles. The van der Waals surface area contributed by atoms with E-state index in [0.29, 0.717) is 30.0 Å². The van der Waals surface area contributed by atoms with Gasteiger partial charge in [-0.2, -0.15) is 0 Å². The summed E-state index contributed by atoms with van der Waals surface area (Å²) in [5.74, 6) is -0.425. The van der Waals surface area contributed by atoms with Crippen molar-refractivity contribution < 1.29 is 19.5 Å². The number of carboxylic acid groups (broad SMARTS) is 1. The molecule has 1 N–H and O–H groups in total. The molecule has 6 rings (SSSR count). The molecule has 9 heteroatoms. The lowest BCUT2D eigenvalue weighted by Crippen LogP contribution is -2.43. The molecule has 1 saturated carbocycles. The van der Waals surface area contributed by atoms with E-state index in [1.807, 2.05) is 54.8 Å². The van der Waals surface area contributed by atoms with Crippen LogP contribution in [0.25, 0.3) is 22.4 Å². The molecule has 3 aliphatic rings. The zero-order chi connectivity index (χ0) is 29.2.